The third-order valence-corrected chi connectivity index (χ3v) is 5.46. The van der Waals surface area contributed by atoms with Gasteiger partial charge in [0, 0.05) is 22.7 Å². The second-order valence-electron chi connectivity index (χ2n) is 6.14. The second-order valence-corrected chi connectivity index (χ2v) is 7.07. The second kappa shape index (κ2) is 6.88. The van der Waals surface area contributed by atoms with Crippen LogP contribution in [0.5, 0.6) is 5.75 Å². The maximum Gasteiger partial charge on any atom is 0.289 e. The number of rotatable bonds is 5. The number of imide groups is 1. The number of hydrogen-bond acceptors (Lipinski definition) is 4. The standard InChI is InChI=1S/C20H18N2O3S/c1-25-18-8-3-2-5-15(18)11-21-10-9-16-14(6-4-7-17(16)21)12-22-19(23)13-26-20(22)24/h2-10H,11-13H2,1H3. The summed E-state index contributed by atoms with van der Waals surface area (Å²) in [7, 11) is 1.67. The first kappa shape index (κ1) is 16.7. The van der Waals surface area contributed by atoms with Crippen LogP contribution in [-0.4, -0.2) is 33.5 Å². The Kier molecular flexibility index (Phi) is 4.42. The molecule has 132 valence electrons. The van der Waals surface area contributed by atoms with Crippen LogP contribution in [0.1, 0.15) is 11.1 Å². The quantitative estimate of drug-likeness (QED) is 0.687. The third-order valence-electron chi connectivity index (χ3n) is 4.61. The lowest BCUT2D eigenvalue weighted by atomic mass is 10.1. The first-order valence-corrected chi connectivity index (χ1v) is 9.31. The zero-order valence-corrected chi connectivity index (χ0v) is 15.2. The van der Waals surface area contributed by atoms with Crippen LogP contribution in [0.3, 0.4) is 0 Å². The first-order chi connectivity index (χ1) is 12.7. The maximum absolute atomic E-state index is 11.9. The number of nitrogens with zero attached hydrogens (tertiary/aromatic N) is 2. The number of carbonyl (C=O) groups is 2. The summed E-state index contributed by atoms with van der Waals surface area (Å²) in [6.07, 6.45) is 2.03. The SMILES string of the molecule is COc1ccccc1Cn1ccc2c(CN3C(=O)CSC3=O)cccc21. The highest BCUT2D eigenvalue weighted by atomic mass is 32.2. The van der Waals surface area contributed by atoms with Crippen LogP contribution in [0.25, 0.3) is 10.9 Å². The molecule has 1 aromatic heterocycles. The van der Waals surface area contributed by atoms with E-state index in [1.807, 2.05) is 48.7 Å². The number of benzene rings is 2. The summed E-state index contributed by atoms with van der Waals surface area (Å²) in [5, 5.41) is 0.889. The number of aromatic nitrogens is 1. The molecule has 0 aliphatic carbocycles. The summed E-state index contributed by atoms with van der Waals surface area (Å²) in [4.78, 5) is 25.1. The number of fused-ring (bicyclic) bond motifs is 1. The van der Waals surface area contributed by atoms with Gasteiger partial charge < -0.3 is 9.30 Å². The molecular formula is C20H18N2O3S. The van der Waals surface area contributed by atoms with Crippen LogP contribution in [0.2, 0.25) is 0 Å². The van der Waals surface area contributed by atoms with Crippen molar-refractivity contribution < 1.29 is 14.3 Å². The number of para-hydroxylation sites is 1. The van der Waals surface area contributed by atoms with Gasteiger partial charge in [-0.05, 0) is 23.8 Å². The molecule has 3 aromatic rings. The Morgan fingerprint density at radius 2 is 1.81 bits per heavy atom. The van der Waals surface area contributed by atoms with Crippen LogP contribution in [0.4, 0.5) is 4.79 Å². The molecule has 2 amide bonds. The lowest BCUT2D eigenvalue weighted by Gasteiger charge is -2.14. The molecule has 0 spiro atoms. The molecular weight excluding hydrogens is 348 g/mol. The van der Waals surface area contributed by atoms with Gasteiger partial charge in [-0.15, -0.1) is 0 Å². The van der Waals surface area contributed by atoms with E-state index in [0.29, 0.717) is 13.1 Å². The summed E-state index contributed by atoms with van der Waals surface area (Å²) in [5.74, 6) is 0.977. The predicted octanol–water partition coefficient (Wildman–Crippen LogP) is 3.89. The number of thioether (sulfide) groups is 1. The van der Waals surface area contributed by atoms with Crippen molar-refractivity contribution in [2.75, 3.05) is 12.9 Å². The lowest BCUT2D eigenvalue weighted by Crippen LogP contribution is -2.27. The monoisotopic (exact) mass is 366 g/mol. The van der Waals surface area contributed by atoms with Gasteiger partial charge in [-0.1, -0.05) is 42.1 Å². The fourth-order valence-corrected chi connectivity index (χ4v) is 4.01. The topological polar surface area (TPSA) is 51.5 Å². The van der Waals surface area contributed by atoms with Gasteiger partial charge in [0.05, 0.1) is 26.0 Å². The summed E-state index contributed by atoms with van der Waals surface area (Å²) in [6, 6.07) is 16.0. The number of methoxy groups -OCH3 is 1. The molecule has 6 heteroatoms. The molecule has 0 N–H and O–H groups in total. The van der Waals surface area contributed by atoms with Gasteiger partial charge in [-0.3, -0.25) is 14.5 Å². The fraction of sp³-hybridized carbons (Fsp3) is 0.200. The molecule has 4 rings (SSSR count). The van der Waals surface area contributed by atoms with Gasteiger partial charge in [0.1, 0.15) is 5.75 Å². The minimum atomic E-state index is -0.166. The molecule has 1 aliphatic rings. The Balaban J connectivity index is 1.67. The number of carbonyl (C=O) groups excluding carboxylic acids is 2. The molecule has 0 saturated carbocycles. The molecule has 0 atom stereocenters. The van der Waals surface area contributed by atoms with E-state index in [-0.39, 0.29) is 16.9 Å². The number of amides is 2. The summed E-state index contributed by atoms with van der Waals surface area (Å²) in [5.41, 5.74) is 3.14. The molecule has 1 saturated heterocycles. The molecule has 2 heterocycles. The predicted molar refractivity (Wildman–Crippen MR) is 102 cm³/mol. The fourth-order valence-electron chi connectivity index (χ4n) is 3.28. The van der Waals surface area contributed by atoms with Crippen LogP contribution in [-0.2, 0) is 17.9 Å². The average molecular weight is 366 g/mol. The zero-order chi connectivity index (χ0) is 18.1. The van der Waals surface area contributed by atoms with Crippen molar-refractivity contribution in [2.45, 2.75) is 13.1 Å². The van der Waals surface area contributed by atoms with E-state index in [4.69, 9.17) is 4.74 Å². The molecule has 2 aromatic carbocycles. The van der Waals surface area contributed by atoms with Crippen molar-refractivity contribution in [3.8, 4) is 5.75 Å². The average Bonchev–Trinajstić information content (AvgIpc) is 3.21. The Morgan fingerprint density at radius 3 is 2.58 bits per heavy atom. The summed E-state index contributed by atoms with van der Waals surface area (Å²) in [6.45, 7) is 1.01. The Morgan fingerprint density at radius 1 is 1.00 bits per heavy atom. The van der Waals surface area contributed by atoms with E-state index >= 15 is 0 Å². The maximum atomic E-state index is 11.9. The highest BCUT2D eigenvalue weighted by Crippen LogP contribution is 2.27. The Bertz CT molecular complexity index is 980. The van der Waals surface area contributed by atoms with Gasteiger partial charge in [-0.25, -0.2) is 0 Å². The Hall–Kier alpha value is -2.73. The third kappa shape index (κ3) is 2.97. The normalized spacial score (nSPS) is 14.4. The van der Waals surface area contributed by atoms with Crippen molar-refractivity contribution in [1.82, 2.24) is 9.47 Å². The lowest BCUT2D eigenvalue weighted by molar-refractivity contribution is -0.124. The van der Waals surface area contributed by atoms with Crippen LogP contribution < -0.4 is 4.74 Å². The van der Waals surface area contributed by atoms with Gasteiger partial charge >= 0.3 is 0 Å². The first-order valence-electron chi connectivity index (χ1n) is 8.33. The summed E-state index contributed by atoms with van der Waals surface area (Å²) < 4.78 is 7.60. The van der Waals surface area contributed by atoms with Gasteiger partial charge in [-0.2, -0.15) is 0 Å². The van der Waals surface area contributed by atoms with Gasteiger partial charge in [0.15, 0.2) is 0 Å². The van der Waals surface area contributed by atoms with Crippen LogP contribution in [0, 0.1) is 0 Å². The van der Waals surface area contributed by atoms with E-state index in [9.17, 15) is 9.59 Å². The van der Waals surface area contributed by atoms with Crippen molar-refractivity contribution in [3.05, 3.63) is 65.9 Å². The van der Waals surface area contributed by atoms with Crippen molar-refractivity contribution >= 4 is 33.8 Å². The minimum absolute atomic E-state index is 0.120. The van der Waals surface area contributed by atoms with Crippen LogP contribution in [0.15, 0.2) is 54.7 Å². The molecule has 1 fully saturated rings. The smallest absolute Gasteiger partial charge is 0.289 e. The highest BCUT2D eigenvalue weighted by Gasteiger charge is 2.30. The molecule has 1 aliphatic heterocycles. The van der Waals surface area contributed by atoms with Gasteiger partial charge in [0.25, 0.3) is 5.24 Å². The number of hydrogen-bond donors (Lipinski definition) is 0. The van der Waals surface area contributed by atoms with E-state index in [2.05, 4.69) is 10.6 Å². The Labute approximate surface area is 155 Å². The molecule has 0 radical (unpaired) electrons. The van der Waals surface area contributed by atoms with E-state index in [1.54, 1.807) is 7.11 Å². The van der Waals surface area contributed by atoms with Crippen LogP contribution >= 0.6 is 11.8 Å². The minimum Gasteiger partial charge on any atom is -0.496 e. The summed E-state index contributed by atoms with van der Waals surface area (Å²) >= 11 is 1.07. The molecule has 0 unspecified atom stereocenters. The largest absolute Gasteiger partial charge is 0.496 e. The van der Waals surface area contributed by atoms with Crippen molar-refractivity contribution in [1.29, 1.82) is 0 Å². The molecule has 0 bridgehead atoms. The van der Waals surface area contributed by atoms with Gasteiger partial charge in [0.2, 0.25) is 5.91 Å². The van der Waals surface area contributed by atoms with E-state index in [0.717, 1.165) is 39.5 Å². The molecule has 26 heavy (non-hydrogen) atoms. The van der Waals surface area contributed by atoms with E-state index < -0.39 is 0 Å². The van der Waals surface area contributed by atoms with Crippen molar-refractivity contribution in [3.63, 3.8) is 0 Å². The highest BCUT2D eigenvalue weighted by molar-refractivity contribution is 8.14. The van der Waals surface area contributed by atoms with E-state index in [1.165, 1.54) is 4.90 Å². The zero-order valence-electron chi connectivity index (χ0n) is 14.3. The van der Waals surface area contributed by atoms with Crippen molar-refractivity contribution in [2.24, 2.45) is 0 Å². The number of ether oxygens (including phenoxy) is 1. The molecule has 5 nitrogen and oxygen atoms in total.